The van der Waals surface area contributed by atoms with Gasteiger partial charge in [0.2, 0.25) is 0 Å². The van der Waals surface area contributed by atoms with Gasteiger partial charge in [0.15, 0.2) is 0 Å². The van der Waals surface area contributed by atoms with Crippen molar-refractivity contribution in [2.24, 2.45) is 5.92 Å². The molecule has 0 N–H and O–H groups in total. The van der Waals surface area contributed by atoms with E-state index in [-0.39, 0.29) is 0 Å². The van der Waals surface area contributed by atoms with Crippen LogP contribution in [0, 0.1) is 5.92 Å². The smallest absolute Gasteiger partial charge is 0.0209 e. The fourth-order valence-electron chi connectivity index (χ4n) is 1.43. The second-order valence-corrected chi connectivity index (χ2v) is 6.14. The quantitative estimate of drug-likeness (QED) is 0.527. The third kappa shape index (κ3) is 2.31. The fourth-order valence-corrected chi connectivity index (χ4v) is 2.64. The molecule has 0 aromatic carbocycles. The van der Waals surface area contributed by atoms with E-state index in [2.05, 4.69) is 17.8 Å². The van der Waals surface area contributed by atoms with Crippen molar-refractivity contribution in [2.45, 2.75) is 0 Å². The van der Waals surface area contributed by atoms with Crippen molar-refractivity contribution in [1.82, 2.24) is 4.90 Å². The molecule has 1 fully saturated rings. The van der Waals surface area contributed by atoms with E-state index in [0.717, 1.165) is 18.8 Å². The second kappa shape index (κ2) is 2.55. The first-order valence-electron chi connectivity index (χ1n) is 3.46. The van der Waals surface area contributed by atoms with Gasteiger partial charge in [0.25, 0.3) is 0 Å². The van der Waals surface area contributed by atoms with Gasteiger partial charge in [0, 0.05) is 25.1 Å². The lowest BCUT2D eigenvalue weighted by atomic mass is 10.0. The summed E-state index contributed by atoms with van der Waals surface area (Å²) in [6, 6.07) is 0. The van der Waals surface area contributed by atoms with E-state index in [1.807, 2.05) is 0 Å². The molecule has 1 unspecified atom stereocenters. The molecular weight excluding hydrogens is 146 g/mol. The third-order valence-electron chi connectivity index (χ3n) is 1.73. The van der Waals surface area contributed by atoms with Gasteiger partial charge in [-0.15, -0.1) is 0 Å². The largest absolute Gasteiger partial charge is 0.306 e. The molecule has 0 aliphatic carbocycles. The molecule has 0 radical (unpaired) electrons. The first-order chi connectivity index (χ1) is 4.47. The summed E-state index contributed by atoms with van der Waals surface area (Å²) in [6.45, 7) is 2.20. The van der Waals surface area contributed by atoms with Gasteiger partial charge in [-0.1, -0.05) is 0 Å². The third-order valence-corrected chi connectivity index (χ3v) is 2.90. The standard InChI is InChI=1S/C7H15NOS/c1-8-4-7(5-8)6-10(2,3)9/h7H,2,4-6H2,1,3H3. The summed E-state index contributed by atoms with van der Waals surface area (Å²) in [4.78, 5) is 2.23. The zero-order chi connectivity index (χ0) is 7.78. The molecule has 2 nitrogen and oxygen atoms in total. The Morgan fingerprint density at radius 3 is 2.50 bits per heavy atom. The van der Waals surface area contributed by atoms with E-state index in [9.17, 15) is 4.21 Å². The lowest BCUT2D eigenvalue weighted by Gasteiger charge is -2.36. The minimum atomic E-state index is -1.73. The molecule has 10 heavy (non-hydrogen) atoms. The van der Waals surface area contributed by atoms with Crippen molar-refractivity contribution < 1.29 is 4.21 Å². The Hall–Kier alpha value is -0.0200. The average Bonchev–Trinajstić information content (AvgIpc) is 1.57. The van der Waals surface area contributed by atoms with Crippen LogP contribution in [0.3, 0.4) is 0 Å². The van der Waals surface area contributed by atoms with Crippen LogP contribution in [-0.4, -0.2) is 47.1 Å². The Balaban J connectivity index is 2.30. The van der Waals surface area contributed by atoms with Gasteiger partial charge in [-0.2, -0.15) is 0 Å². The first kappa shape index (κ1) is 8.08. The number of likely N-dealkylation sites (tertiary alicyclic amines) is 1. The molecule has 60 valence electrons. The molecule has 0 saturated carbocycles. The Kier molecular flexibility index (Phi) is 2.06. The SMILES string of the molecule is C=S(C)(=O)CC1CN(C)C1. The fraction of sp³-hybridized carbons (Fsp3) is 0.857. The van der Waals surface area contributed by atoms with E-state index in [0.29, 0.717) is 5.92 Å². The van der Waals surface area contributed by atoms with Crippen LogP contribution < -0.4 is 0 Å². The van der Waals surface area contributed by atoms with Crippen molar-refractivity contribution in [3.8, 4) is 0 Å². The minimum Gasteiger partial charge on any atom is -0.306 e. The zero-order valence-corrected chi connectivity index (χ0v) is 7.49. The Bertz CT molecular complexity index is 202. The topological polar surface area (TPSA) is 20.3 Å². The van der Waals surface area contributed by atoms with Gasteiger partial charge in [-0.05, 0) is 28.4 Å². The van der Waals surface area contributed by atoms with Crippen LogP contribution in [0.15, 0.2) is 0 Å². The van der Waals surface area contributed by atoms with Crippen molar-refractivity contribution in [1.29, 1.82) is 0 Å². The van der Waals surface area contributed by atoms with Crippen LogP contribution in [0.25, 0.3) is 0 Å². The second-order valence-electron chi connectivity index (χ2n) is 3.44. The van der Waals surface area contributed by atoms with Gasteiger partial charge in [0.1, 0.15) is 0 Å². The lowest BCUT2D eigenvalue weighted by molar-refractivity contribution is 0.152. The van der Waals surface area contributed by atoms with Crippen molar-refractivity contribution >= 4 is 15.4 Å². The Morgan fingerprint density at radius 2 is 2.20 bits per heavy atom. The summed E-state index contributed by atoms with van der Waals surface area (Å²) >= 11 is 0. The molecule has 1 heterocycles. The van der Waals surface area contributed by atoms with Crippen LogP contribution in [0.1, 0.15) is 0 Å². The highest BCUT2D eigenvalue weighted by Crippen LogP contribution is 2.13. The van der Waals surface area contributed by atoms with Crippen LogP contribution >= 0.6 is 0 Å². The predicted octanol–water partition coefficient (Wildman–Crippen LogP) is -0.106. The summed E-state index contributed by atoms with van der Waals surface area (Å²) < 4.78 is 11.2. The molecule has 1 aliphatic rings. The maximum Gasteiger partial charge on any atom is 0.0209 e. The van der Waals surface area contributed by atoms with Gasteiger partial charge in [-0.25, -0.2) is 0 Å². The summed E-state index contributed by atoms with van der Waals surface area (Å²) in [6.07, 6.45) is 1.74. The zero-order valence-electron chi connectivity index (χ0n) is 6.67. The average molecular weight is 161 g/mol. The molecule has 1 aliphatic heterocycles. The molecule has 1 rings (SSSR count). The minimum absolute atomic E-state index is 0.639. The number of rotatable bonds is 2. The maximum atomic E-state index is 11.2. The molecule has 0 bridgehead atoms. The number of hydrogen-bond acceptors (Lipinski definition) is 2. The molecule has 1 saturated heterocycles. The van der Waals surface area contributed by atoms with Crippen molar-refractivity contribution in [2.75, 3.05) is 32.1 Å². The van der Waals surface area contributed by atoms with Crippen LogP contribution in [0.5, 0.6) is 0 Å². The van der Waals surface area contributed by atoms with Gasteiger partial charge < -0.3 is 4.90 Å². The van der Waals surface area contributed by atoms with Crippen LogP contribution in [0.4, 0.5) is 0 Å². The summed E-state index contributed by atoms with van der Waals surface area (Å²) in [5, 5.41) is 0. The molecule has 3 heteroatoms. The van der Waals surface area contributed by atoms with Gasteiger partial charge in [0.05, 0.1) is 0 Å². The molecule has 0 spiro atoms. The van der Waals surface area contributed by atoms with Crippen LogP contribution in [0.2, 0.25) is 0 Å². The first-order valence-corrected chi connectivity index (χ1v) is 5.76. The maximum absolute atomic E-state index is 11.2. The van der Waals surface area contributed by atoms with E-state index >= 15 is 0 Å². The summed E-state index contributed by atoms with van der Waals surface area (Å²) in [7, 11) is 0.346. The highest BCUT2D eigenvalue weighted by Gasteiger charge is 2.24. The molecule has 1 atom stereocenters. The van der Waals surface area contributed by atoms with Gasteiger partial charge in [-0.3, -0.25) is 4.21 Å². The Morgan fingerprint density at radius 1 is 1.70 bits per heavy atom. The molecular formula is C7H15NOS. The number of nitrogens with zero attached hydrogens (tertiary/aromatic N) is 1. The summed E-state index contributed by atoms with van der Waals surface area (Å²) in [5.74, 6) is 5.07. The monoisotopic (exact) mass is 161 g/mol. The highest BCUT2D eigenvalue weighted by atomic mass is 32.2. The molecule has 0 aromatic heterocycles. The van der Waals surface area contributed by atoms with E-state index < -0.39 is 9.52 Å². The van der Waals surface area contributed by atoms with Crippen molar-refractivity contribution in [3.05, 3.63) is 0 Å². The molecule has 0 amide bonds. The Labute approximate surface area is 63.2 Å². The summed E-state index contributed by atoms with van der Waals surface area (Å²) in [5.41, 5.74) is 0. The number of hydrogen-bond donors (Lipinski definition) is 0. The van der Waals surface area contributed by atoms with Crippen molar-refractivity contribution in [3.63, 3.8) is 0 Å². The molecule has 0 aromatic rings. The van der Waals surface area contributed by atoms with Gasteiger partial charge >= 0.3 is 0 Å². The lowest BCUT2D eigenvalue weighted by Crippen LogP contribution is -2.46. The predicted molar refractivity (Wildman–Crippen MR) is 47.0 cm³/mol. The van der Waals surface area contributed by atoms with E-state index in [4.69, 9.17) is 0 Å². The highest BCUT2D eigenvalue weighted by molar-refractivity contribution is 7.99. The van der Waals surface area contributed by atoms with E-state index in [1.54, 1.807) is 6.26 Å². The normalized spacial score (nSPS) is 27.4. The van der Waals surface area contributed by atoms with E-state index in [1.165, 1.54) is 0 Å². The van der Waals surface area contributed by atoms with Crippen LogP contribution in [-0.2, 0) is 9.52 Å².